The van der Waals surface area contributed by atoms with Crippen molar-refractivity contribution in [3.05, 3.63) is 0 Å². The summed E-state index contributed by atoms with van der Waals surface area (Å²) < 4.78 is 4.87. The molecule has 2 unspecified atom stereocenters. The molecule has 2 N–H and O–H groups in total. The Morgan fingerprint density at radius 3 is 2.78 bits per heavy atom. The molecule has 0 aromatic heterocycles. The Kier molecular flexibility index (Phi) is 5.91. The fourth-order valence-electron chi connectivity index (χ4n) is 1.98. The van der Waals surface area contributed by atoms with Gasteiger partial charge in [0.05, 0.1) is 6.61 Å². The van der Waals surface area contributed by atoms with E-state index in [0.29, 0.717) is 19.1 Å². The number of methoxy groups -OCH3 is 1. The highest BCUT2D eigenvalue weighted by Gasteiger charge is 2.38. The highest BCUT2D eigenvalue weighted by molar-refractivity contribution is 5.80. The smallest absolute Gasteiger partial charge is 0.323 e. The summed E-state index contributed by atoms with van der Waals surface area (Å²) in [7, 11) is 1.52. The number of aliphatic carboxylic acids is 1. The molecule has 0 saturated heterocycles. The van der Waals surface area contributed by atoms with Gasteiger partial charge < -0.3 is 20.1 Å². The van der Waals surface area contributed by atoms with Crippen LogP contribution in [0.3, 0.4) is 0 Å². The number of urea groups is 1. The van der Waals surface area contributed by atoms with Crippen LogP contribution in [0, 0.1) is 5.92 Å². The van der Waals surface area contributed by atoms with E-state index in [2.05, 4.69) is 12.2 Å². The molecule has 0 bridgehead atoms. The first-order valence-corrected chi connectivity index (χ1v) is 6.34. The summed E-state index contributed by atoms with van der Waals surface area (Å²) in [5.74, 6) is -0.449. The highest BCUT2D eigenvalue weighted by Crippen LogP contribution is 2.34. The summed E-state index contributed by atoms with van der Waals surface area (Å²) in [5, 5.41) is 11.6. The van der Waals surface area contributed by atoms with Crippen molar-refractivity contribution in [2.45, 2.75) is 32.2 Å². The van der Waals surface area contributed by atoms with Gasteiger partial charge in [0.2, 0.25) is 0 Å². The number of carboxylic acids is 1. The van der Waals surface area contributed by atoms with Crippen LogP contribution in [-0.2, 0) is 9.53 Å². The Morgan fingerprint density at radius 1 is 1.50 bits per heavy atom. The Hall–Kier alpha value is -1.30. The van der Waals surface area contributed by atoms with Crippen LogP contribution in [-0.4, -0.2) is 54.9 Å². The molecule has 0 spiro atoms. The first-order valence-electron chi connectivity index (χ1n) is 6.34. The standard InChI is InChI=1S/C12H22N2O4/c1-3-4-9-7-10(9)13-12(17)14(5-6-18-2)8-11(15)16/h9-10H,3-8H2,1-2H3,(H,13,17)(H,15,16). The van der Waals surface area contributed by atoms with Crippen molar-refractivity contribution in [1.82, 2.24) is 10.2 Å². The van der Waals surface area contributed by atoms with Crippen LogP contribution < -0.4 is 5.32 Å². The quantitative estimate of drug-likeness (QED) is 0.678. The topological polar surface area (TPSA) is 78.9 Å². The van der Waals surface area contributed by atoms with Crippen molar-refractivity contribution < 1.29 is 19.4 Å². The molecule has 0 aromatic carbocycles. The molecule has 1 aliphatic carbocycles. The van der Waals surface area contributed by atoms with E-state index in [1.54, 1.807) is 0 Å². The molecule has 1 fully saturated rings. The van der Waals surface area contributed by atoms with E-state index in [1.165, 1.54) is 12.0 Å². The van der Waals surface area contributed by atoms with Crippen LogP contribution >= 0.6 is 0 Å². The van der Waals surface area contributed by atoms with Crippen molar-refractivity contribution in [3.63, 3.8) is 0 Å². The normalized spacial score (nSPS) is 21.4. The molecule has 1 aliphatic rings. The fraction of sp³-hybridized carbons (Fsp3) is 0.833. The lowest BCUT2D eigenvalue weighted by molar-refractivity contribution is -0.137. The fourth-order valence-corrected chi connectivity index (χ4v) is 1.98. The molecule has 1 rings (SSSR count). The van der Waals surface area contributed by atoms with E-state index < -0.39 is 5.97 Å². The van der Waals surface area contributed by atoms with Gasteiger partial charge in [-0.05, 0) is 18.8 Å². The van der Waals surface area contributed by atoms with Crippen molar-refractivity contribution in [2.24, 2.45) is 5.92 Å². The maximum absolute atomic E-state index is 11.9. The molecule has 0 radical (unpaired) electrons. The number of ether oxygens (including phenoxy) is 1. The van der Waals surface area contributed by atoms with Gasteiger partial charge in [-0.15, -0.1) is 0 Å². The lowest BCUT2D eigenvalue weighted by atomic mass is 10.2. The number of rotatable bonds is 8. The van der Waals surface area contributed by atoms with E-state index in [-0.39, 0.29) is 18.6 Å². The Bertz CT molecular complexity index is 296. The zero-order valence-electron chi connectivity index (χ0n) is 11.0. The number of hydrogen-bond acceptors (Lipinski definition) is 3. The van der Waals surface area contributed by atoms with E-state index >= 15 is 0 Å². The predicted octanol–water partition coefficient (Wildman–Crippen LogP) is 0.918. The summed E-state index contributed by atoms with van der Waals surface area (Å²) >= 11 is 0. The molecule has 0 aromatic rings. The molecule has 2 amide bonds. The number of nitrogens with one attached hydrogen (secondary N) is 1. The molecule has 0 aliphatic heterocycles. The number of carboxylic acid groups (broad SMARTS) is 1. The second-order valence-corrected chi connectivity index (χ2v) is 4.65. The number of amides is 2. The van der Waals surface area contributed by atoms with E-state index in [1.807, 2.05) is 0 Å². The lowest BCUT2D eigenvalue weighted by Gasteiger charge is -2.20. The molecule has 1 saturated carbocycles. The second kappa shape index (κ2) is 7.20. The van der Waals surface area contributed by atoms with Crippen molar-refractivity contribution in [1.29, 1.82) is 0 Å². The number of nitrogens with zero attached hydrogens (tertiary/aromatic N) is 1. The first-order chi connectivity index (χ1) is 8.58. The van der Waals surface area contributed by atoms with Gasteiger partial charge in [-0.25, -0.2) is 4.79 Å². The third kappa shape index (κ3) is 4.91. The molecular formula is C12H22N2O4. The van der Waals surface area contributed by atoms with Gasteiger partial charge in [-0.1, -0.05) is 13.3 Å². The summed E-state index contributed by atoms with van der Waals surface area (Å²) in [6.07, 6.45) is 3.23. The Balaban J connectivity index is 2.36. The van der Waals surface area contributed by atoms with Crippen molar-refractivity contribution >= 4 is 12.0 Å². The average Bonchev–Trinajstić information content (AvgIpc) is 3.02. The minimum atomic E-state index is -1.01. The lowest BCUT2D eigenvalue weighted by Crippen LogP contribution is -2.45. The highest BCUT2D eigenvalue weighted by atomic mass is 16.5. The van der Waals surface area contributed by atoms with Crippen molar-refractivity contribution in [2.75, 3.05) is 26.8 Å². The summed E-state index contributed by atoms with van der Waals surface area (Å²) in [6.45, 7) is 2.45. The van der Waals surface area contributed by atoms with Crippen LogP contribution in [0.1, 0.15) is 26.2 Å². The third-order valence-corrected chi connectivity index (χ3v) is 3.07. The Morgan fingerprint density at radius 2 is 2.22 bits per heavy atom. The minimum absolute atomic E-state index is 0.219. The zero-order chi connectivity index (χ0) is 13.5. The SMILES string of the molecule is CCCC1CC1NC(=O)N(CCOC)CC(=O)O. The molecule has 6 heteroatoms. The molecule has 0 heterocycles. The van der Waals surface area contributed by atoms with Crippen LogP contribution in [0.4, 0.5) is 4.79 Å². The predicted molar refractivity (Wildman–Crippen MR) is 66.4 cm³/mol. The largest absolute Gasteiger partial charge is 0.480 e. The summed E-state index contributed by atoms with van der Waals surface area (Å²) in [5.41, 5.74) is 0. The average molecular weight is 258 g/mol. The monoisotopic (exact) mass is 258 g/mol. The van der Waals surface area contributed by atoms with E-state index in [0.717, 1.165) is 19.3 Å². The van der Waals surface area contributed by atoms with Gasteiger partial charge in [-0.2, -0.15) is 0 Å². The molecular weight excluding hydrogens is 236 g/mol. The molecule has 104 valence electrons. The number of carbonyl (C=O) groups is 2. The number of hydrogen-bond donors (Lipinski definition) is 2. The maximum Gasteiger partial charge on any atom is 0.323 e. The summed E-state index contributed by atoms with van der Waals surface area (Å²) in [6, 6.07) is -0.0886. The van der Waals surface area contributed by atoms with E-state index in [9.17, 15) is 9.59 Å². The first kappa shape index (κ1) is 14.8. The molecule has 6 nitrogen and oxygen atoms in total. The summed E-state index contributed by atoms with van der Waals surface area (Å²) in [4.78, 5) is 23.8. The van der Waals surface area contributed by atoms with Crippen molar-refractivity contribution in [3.8, 4) is 0 Å². The van der Waals surface area contributed by atoms with E-state index in [4.69, 9.17) is 9.84 Å². The molecule has 18 heavy (non-hydrogen) atoms. The van der Waals surface area contributed by atoms with Crippen LogP contribution in [0.25, 0.3) is 0 Å². The van der Waals surface area contributed by atoms with Gasteiger partial charge in [0.1, 0.15) is 6.54 Å². The zero-order valence-corrected chi connectivity index (χ0v) is 11.0. The van der Waals surface area contributed by atoms with Gasteiger partial charge in [0, 0.05) is 19.7 Å². The van der Waals surface area contributed by atoms with Gasteiger partial charge in [0.15, 0.2) is 0 Å². The Labute approximate surface area is 107 Å². The van der Waals surface area contributed by atoms with Crippen LogP contribution in [0.5, 0.6) is 0 Å². The van der Waals surface area contributed by atoms with Gasteiger partial charge >= 0.3 is 12.0 Å². The third-order valence-electron chi connectivity index (χ3n) is 3.07. The van der Waals surface area contributed by atoms with Crippen LogP contribution in [0.2, 0.25) is 0 Å². The maximum atomic E-state index is 11.9. The second-order valence-electron chi connectivity index (χ2n) is 4.65. The minimum Gasteiger partial charge on any atom is -0.480 e. The number of carbonyl (C=O) groups excluding carboxylic acids is 1. The van der Waals surface area contributed by atoms with Crippen LogP contribution in [0.15, 0.2) is 0 Å². The van der Waals surface area contributed by atoms with Gasteiger partial charge in [0.25, 0.3) is 0 Å². The molecule has 2 atom stereocenters. The van der Waals surface area contributed by atoms with Gasteiger partial charge in [-0.3, -0.25) is 4.79 Å².